The van der Waals surface area contributed by atoms with E-state index in [9.17, 15) is 18.0 Å². The fourth-order valence-electron chi connectivity index (χ4n) is 6.09. The van der Waals surface area contributed by atoms with E-state index < -0.39 is 23.4 Å². The average Bonchev–Trinajstić information content (AvgIpc) is 3.61. The molecule has 0 amide bonds. The average molecular weight is 594 g/mol. The van der Waals surface area contributed by atoms with Crippen molar-refractivity contribution in [1.29, 1.82) is 0 Å². The van der Waals surface area contributed by atoms with Gasteiger partial charge in [0, 0.05) is 29.4 Å². The number of carboxylic acids is 1. The Balaban J connectivity index is 1.06. The van der Waals surface area contributed by atoms with E-state index in [2.05, 4.69) is 27.3 Å². The van der Waals surface area contributed by atoms with Crippen LogP contribution < -0.4 is 4.74 Å². The van der Waals surface area contributed by atoms with E-state index in [4.69, 9.17) is 37.6 Å². The maximum Gasteiger partial charge on any atom is 0.418 e. The van der Waals surface area contributed by atoms with Crippen molar-refractivity contribution in [3.05, 3.63) is 63.4 Å². The van der Waals surface area contributed by atoms with Crippen molar-refractivity contribution < 1.29 is 32.3 Å². The summed E-state index contributed by atoms with van der Waals surface area (Å²) in [6.07, 6.45) is 9.51. The van der Waals surface area contributed by atoms with Gasteiger partial charge in [0.15, 0.2) is 5.69 Å². The van der Waals surface area contributed by atoms with Crippen LogP contribution in [0.2, 0.25) is 10.0 Å². The van der Waals surface area contributed by atoms with Crippen LogP contribution >= 0.6 is 23.2 Å². The number of nitrogens with zero attached hydrogens (tertiary/aromatic N) is 3. The first-order valence-corrected chi connectivity index (χ1v) is 13.7. The van der Waals surface area contributed by atoms with Crippen molar-refractivity contribution in [3.63, 3.8) is 0 Å². The first kappa shape index (κ1) is 27.1. The molecule has 3 aromatic rings. The number of halogens is 5. The molecule has 0 saturated heterocycles. The van der Waals surface area contributed by atoms with E-state index in [1.54, 1.807) is 0 Å². The van der Waals surface area contributed by atoms with Crippen LogP contribution in [-0.4, -0.2) is 32.8 Å². The Morgan fingerprint density at radius 3 is 2.48 bits per heavy atom. The fourth-order valence-corrected chi connectivity index (χ4v) is 6.63. The van der Waals surface area contributed by atoms with Crippen LogP contribution in [0.3, 0.4) is 0 Å². The number of ether oxygens (including phenoxy) is 1. The molecule has 3 saturated carbocycles. The van der Waals surface area contributed by atoms with E-state index in [0.29, 0.717) is 39.2 Å². The van der Waals surface area contributed by atoms with E-state index in [0.717, 1.165) is 56.0 Å². The second-order valence-corrected chi connectivity index (χ2v) is 11.9. The van der Waals surface area contributed by atoms with Crippen LogP contribution in [0.1, 0.15) is 71.8 Å². The van der Waals surface area contributed by atoms with Crippen LogP contribution in [0.5, 0.6) is 5.75 Å². The summed E-state index contributed by atoms with van der Waals surface area (Å²) in [5.41, 5.74) is -0.00375. The molecular weight excluding hydrogens is 570 g/mol. The van der Waals surface area contributed by atoms with Gasteiger partial charge in [-0.1, -0.05) is 40.5 Å². The van der Waals surface area contributed by atoms with Crippen LogP contribution in [0.15, 0.2) is 35.3 Å². The predicted octanol–water partition coefficient (Wildman–Crippen LogP) is 7.93. The zero-order valence-electron chi connectivity index (χ0n) is 21.0. The highest BCUT2D eigenvalue weighted by Gasteiger charge is 2.52. The van der Waals surface area contributed by atoms with Crippen LogP contribution in [-0.2, 0) is 6.18 Å². The number of aromatic nitrogens is 3. The van der Waals surface area contributed by atoms with Crippen molar-refractivity contribution in [2.75, 3.05) is 6.61 Å². The summed E-state index contributed by atoms with van der Waals surface area (Å²) in [4.78, 5) is 18.6. The third-order valence-electron chi connectivity index (χ3n) is 8.02. The van der Waals surface area contributed by atoms with Gasteiger partial charge in [-0.3, -0.25) is 4.98 Å². The molecule has 3 aliphatic rings. The molecule has 3 aromatic heterocycles. The summed E-state index contributed by atoms with van der Waals surface area (Å²) in [6, 6.07) is 0.705. The van der Waals surface area contributed by atoms with Crippen molar-refractivity contribution in [2.45, 2.75) is 50.6 Å². The molecule has 0 aromatic carbocycles. The summed E-state index contributed by atoms with van der Waals surface area (Å²) in [7, 11) is 0. The molecule has 0 aliphatic heterocycles. The van der Waals surface area contributed by atoms with E-state index in [1.165, 1.54) is 12.4 Å². The standard InChI is InChI=1S/C28H24Cl2F3N3O4/c29-20-11-34-12-21(30)22(20)23-18(25(40-36-23)16-2-3-16)4-1-14-6-27(7-14)8-15(9-27)13-39-17-5-19(28(31,32)33)24(26(37)38)35-10-17/h1,4-5,10-12,14-16H,2-3,6-9,13H2,(H,37,38)/b4-1+. The highest BCUT2D eigenvalue weighted by atomic mass is 35.5. The van der Waals surface area contributed by atoms with Crippen LogP contribution in [0.25, 0.3) is 17.3 Å². The molecule has 1 spiro atoms. The predicted molar refractivity (Wildman–Crippen MR) is 140 cm³/mol. The van der Waals surface area contributed by atoms with Gasteiger partial charge in [0.1, 0.15) is 17.2 Å². The highest BCUT2D eigenvalue weighted by Crippen LogP contribution is 2.61. The lowest BCUT2D eigenvalue weighted by Gasteiger charge is -2.57. The third-order valence-corrected chi connectivity index (χ3v) is 8.59. The lowest BCUT2D eigenvalue weighted by molar-refractivity contribution is -0.138. The number of rotatable bonds is 8. The number of alkyl halides is 3. The number of carbonyl (C=O) groups is 1. The summed E-state index contributed by atoms with van der Waals surface area (Å²) in [5, 5.41) is 14.1. The van der Waals surface area contributed by atoms with Crippen molar-refractivity contribution >= 4 is 35.2 Å². The number of aromatic carboxylic acids is 1. The molecule has 6 rings (SSSR count). The van der Waals surface area contributed by atoms with Gasteiger partial charge in [0.25, 0.3) is 0 Å². The minimum absolute atomic E-state index is 0.0851. The molecule has 1 N–H and O–H groups in total. The third kappa shape index (κ3) is 5.19. The minimum atomic E-state index is -4.83. The molecule has 7 nitrogen and oxygen atoms in total. The number of allylic oxidation sites excluding steroid dienone is 1. The van der Waals surface area contributed by atoms with Gasteiger partial charge in [-0.15, -0.1) is 0 Å². The molecule has 40 heavy (non-hydrogen) atoms. The number of hydrogen-bond donors (Lipinski definition) is 1. The first-order valence-electron chi connectivity index (χ1n) is 12.9. The number of pyridine rings is 2. The van der Waals surface area contributed by atoms with Crippen LogP contribution in [0, 0.1) is 17.3 Å². The summed E-state index contributed by atoms with van der Waals surface area (Å²) in [6.45, 7) is 0.260. The SMILES string of the molecule is O=C(O)c1ncc(OCC2CC3(CC(/C=C/c4c(-c5c(Cl)cncc5Cl)noc4C4CC4)C3)C2)cc1C(F)(F)F. The highest BCUT2D eigenvalue weighted by molar-refractivity contribution is 6.39. The van der Waals surface area contributed by atoms with E-state index in [1.807, 2.05) is 0 Å². The van der Waals surface area contributed by atoms with Gasteiger partial charge >= 0.3 is 12.1 Å². The molecule has 0 unspecified atom stereocenters. The largest absolute Gasteiger partial charge is 0.492 e. The summed E-state index contributed by atoms with van der Waals surface area (Å²) in [5.74, 6) is -0.00373. The second-order valence-electron chi connectivity index (χ2n) is 11.0. The molecule has 0 atom stereocenters. The Labute approximate surface area is 237 Å². The molecule has 0 bridgehead atoms. The fraction of sp³-hybridized carbons (Fsp3) is 0.429. The number of carboxylic acid groups (broad SMARTS) is 1. The lowest BCUT2D eigenvalue weighted by atomic mass is 9.48. The van der Waals surface area contributed by atoms with Crippen molar-refractivity contribution in [2.24, 2.45) is 17.3 Å². The van der Waals surface area contributed by atoms with E-state index in [-0.39, 0.29) is 23.7 Å². The topological polar surface area (TPSA) is 98.3 Å². The molecule has 3 heterocycles. The van der Waals surface area contributed by atoms with Crippen molar-refractivity contribution in [1.82, 2.24) is 15.1 Å². The normalized spacial score (nSPS) is 24.2. The van der Waals surface area contributed by atoms with Gasteiger partial charge in [0.05, 0.1) is 28.4 Å². The smallest absolute Gasteiger partial charge is 0.418 e. The van der Waals surface area contributed by atoms with Gasteiger partial charge in [0.2, 0.25) is 0 Å². The van der Waals surface area contributed by atoms with Gasteiger partial charge in [-0.05, 0) is 61.8 Å². The second kappa shape index (κ2) is 10.1. The molecule has 12 heteroatoms. The van der Waals surface area contributed by atoms with Gasteiger partial charge in [-0.2, -0.15) is 13.2 Å². The maximum atomic E-state index is 13.2. The Bertz CT molecular complexity index is 1470. The van der Waals surface area contributed by atoms with Crippen LogP contribution in [0.4, 0.5) is 13.2 Å². The molecule has 3 fully saturated rings. The first-order chi connectivity index (χ1) is 19.0. The van der Waals surface area contributed by atoms with E-state index >= 15 is 0 Å². The summed E-state index contributed by atoms with van der Waals surface area (Å²) < 4.78 is 51.0. The summed E-state index contributed by atoms with van der Waals surface area (Å²) >= 11 is 12.8. The quantitative estimate of drug-likeness (QED) is 0.283. The Hall–Kier alpha value is -3.11. The lowest BCUT2D eigenvalue weighted by Crippen LogP contribution is -2.48. The molecular formula is C28H24Cl2F3N3O4. The Morgan fingerprint density at radius 2 is 1.85 bits per heavy atom. The Kier molecular flexibility index (Phi) is 6.81. The zero-order chi connectivity index (χ0) is 28.2. The van der Waals surface area contributed by atoms with Crippen molar-refractivity contribution in [3.8, 4) is 17.0 Å². The molecule has 210 valence electrons. The zero-order valence-corrected chi connectivity index (χ0v) is 22.6. The monoisotopic (exact) mass is 593 g/mol. The molecule has 0 radical (unpaired) electrons. The number of hydrogen-bond acceptors (Lipinski definition) is 6. The maximum absolute atomic E-state index is 13.2. The van der Waals surface area contributed by atoms with Gasteiger partial charge in [-0.25, -0.2) is 9.78 Å². The minimum Gasteiger partial charge on any atom is -0.492 e. The van der Waals surface area contributed by atoms with Gasteiger partial charge < -0.3 is 14.4 Å². The Morgan fingerprint density at radius 1 is 1.15 bits per heavy atom. The molecule has 3 aliphatic carbocycles.